The molecule has 1 atom stereocenters. The molecule has 0 amide bonds. The lowest BCUT2D eigenvalue weighted by Crippen LogP contribution is -2.43. The van der Waals surface area contributed by atoms with E-state index in [2.05, 4.69) is 23.8 Å². The van der Waals surface area contributed by atoms with E-state index in [4.69, 9.17) is 10.5 Å². The molecule has 0 aliphatic carbocycles. The first-order chi connectivity index (χ1) is 10.8. The molecule has 23 heavy (non-hydrogen) atoms. The molecule has 0 saturated carbocycles. The third-order valence-electron chi connectivity index (χ3n) is 3.52. The smallest absolute Gasteiger partial charge is 0.213 e. The molecule has 124 valence electrons. The van der Waals surface area contributed by atoms with Crippen molar-refractivity contribution in [2.24, 2.45) is 11.7 Å². The van der Waals surface area contributed by atoms with Crippen LogP contribution in [-0.4, -0.2) is 22.1 Å². The van der Waals surface area contributed by atoms with E-state index in [-0.39, 0.29) is 5.54 Å². The number of nitrogens with zero attached hydrogens (tertiary/aromatic N) is 2. The second-order valence-electron chi connectivity index (χ2n) is 6.74. The summed E-state index contributed by atoms with van der Waals surface area (Å²) >= 11 is 0. The minimum Gasteiger partial charge on any atom is -0.490 e. The van der Waals surface area contributed by atoms with Crippen molar-refractivity contribution in [1.29, 1.82) is 0 Å². The van der Waals surface area contributed by atoms with Crippen molar-refractivity contribution in [3.8, 4) is 17.0 Å². The summed E-state index contributed by atoms with van der Waals surface area (Å²) in [7, 11) is 0. The van der Waals surface area contributed by atoms with Crippen LogP contribution in [0.25, 0.3) is 11.3 Å². The Labute approximate surface area is 136 Å². The van der Waals surface area contributed by atoms with E-state index < -0.39 is 5.95 Å². The number of aryl methyl sites for hydroxylation is 1. The maximum absolute atomic E-state index is 13.2. The van der Waals surface area contributed by atoms with Crippen molar-refractivity contribution in [2.75, 3.05) is 6.61 Å². The largest absolute Gasteiger partial charge is 0.490 e. The number of aromatic nitrogens is 2. The SMILES string of the molecule is Cc1cc(-c2ccnc(F)c2)ncc1OC[C@@](C)(N)CC(C)C. The van der Waals surface area contributed by atoms with Gasteiger partial charge in [-0.15, -0.1) is 0 Å². The van der Waals surface area contributed by atoms with Crippen molar-refractivity contribution in [1.82, 2.24) is 9.97 Å². The van der Waals surface area contributed by atoms with Crippen molar-refractivity contribution in [3.63, 3.8) is 0 Å². The zero-order valence-electron chi connectivity index (χ0n) is 14.1. The number of hydrogen-bond donors (Lipinski definition) is 1. The molecule has 2 heterocycles. The van der Waals surface area contributed by atoms with Crippen molar-refractivity contribution < 1.29 is 9.13 Å². The quantitative estimate of drug-likeness (QED) is 0.825. The molecule has 2 aromatic heterocycles. The molecule has 0 fully saturated rings. The first kappa shape index (κ1) is 17.3. The van der Waals surface area contributed by atoms with Gasteiger partial charge in [0.25, 0.3) is 0 Å². The van der Waals surface area contributed by atoms with Gasteiger partial charge in [-0.2, -0.15) is 4.39 Å². The van der Waals surface area contributed by atoms with Crippen LogP contribution in [0.2, 0.25) is 0 Å². The van der Waals surface area contributed by atoms with Crippen LogP contribution < -0.4 is 10.5 Å². The van der Waals surface area contributed by atoms with E-state index >= 15 is 0 Å². The topological polar surface area (TPSA) is 61.0 Å². The zero-order chi connectivity index (χ0) is 17.0. The molecular weight excluding hydrogens is 293 g/mol. The number of rotatable bonds is 6. The molecule has 0 spiro atoms. The van der Waals surface area contributed by atoms with Gasteiger partial charge in [-0.1, -0.05) is 13.8 Å². The van der Waals surface area contributed by atoms with Crippen molar-refractivity contribution in [3.05, 3.63) is 42.1 Å². The van der Waals surface area contributed by atoms with E-state index in [0.29, 0.717) is 29.5 Å². The number of pyridine rings is 2. The van der Waals surface area contributed by atoms with Gasteiger partial charge in [0, 0.05) is 23.4 Å². The summed E-state index contributed by atoms with van der Waals surface area (Å²) in [6.45, 7) is 8.64. The highest BCUT2D eigenvalue weighted by atomic mass is 19.1. The van der Waals surface area contributed by atoms with E-state index in [0.717, 1.165) is 12.0 Å². The Morgan fingerprint density at radius 1 is 1.30 bits per heavy atom. The molecule has 0 unspecified atom stereocenters. The van der Waals surface area contributed by atoms with Gasteiger partial charge in [0.2, 0.25) is 5.95 Å². The maximum atomic E-state index is 13.2. The summed E-state index contributed by atoms with van der Waals surface area (Å²) in [5.41, 5.74) is 8.19. The lowest BCUT2D eigenvalue weighted by Gasteiger charge is -2.27. The fraction of sp³-hybridized carbons (Fsp3) is 0.444. The molecule has 0 aliphatic heterocycles. The summed E-state index contributed by atoms with van der Waals surface area (Å²) in [4.78, 5) is 7.90. The fourth-order valence-corrected chi connectivity index (χ4v) is 2.65. The molecule has 0 bridgehead atoms. The molecule has 2 N–H and O–H groups in total. The Morgan fingerprint density at radius 3 is 2.65 bits per heavy atom. The molecule has 5 heteroatoms. The van der Waals surface area contributed by atoms with Gasteiger partial charge in [0.15, 0.2) is 0 Å². The van der Waals surface area contributed by atoms with Gasteiger partial charge >= 0.3 is 0 Å². The number of halogens is 1. The third-order valence-corrected chi connectivity index (χ3v) is 3.52. The van der Waals surface area contributed by atoms with E-state index in [1.807, 2.05) is 19.9 Å². The monoisotopic (exact) mass is 317 g/mol. The highest BCUT2D eigenvalue weighted by Crippen LogP contribution is 2.25. The summed E-state index contributed by atoms with van der Waals surface area (Å²) in [6, 6.07) is 4.97. The third kappa shape index (κ3) is 4.99. The predicted molar refractivity (Wildman–Crippen MR) is 89.7 cm³/mol. The van der Waals surface area contributed by atoms with Crippen LogP contribution in [0.5, 0.6) is 5.75 Å². The second-order valence-corrected chi connectivity index (χ2v) is 6.74. The van der Waals surface area contributed by atoms with Crippen LogP contribution in [0.15, 0.2) is 30.6 Å². The molecule has 2 rings (SSSR count). The molecule has 0 aromatic carbocycles. The Balaban J connectivity index is 2.11. The number of nitrogens with two attached hydrogens (primary N) is 1. The van der Waals surface area contributed by atoms with Crippen molar-refractivity contribution in [2.45, 2.75) is 39.7 Å². The van der Waals surface area contributed by atoms with Crippen LogP contribution >= 0.6 is 0 Å². The highest BCUT2D eigenvalue weighted by Gasteiger charge is 2.21. The van der Waals surface area contributed by atoms with Gasteiger partial charge < -0.3 is 10.5 Å². The van der Waals surface area contributed by atoms with Crippen molar-refractivity contribution >= 4 is 0 Å². The molecule has 0 radical (unpaired) electrons. The molecular formula is C18H24FN3O. The van der Waals surface area contributed by atoms with Crippen LogP contribution in [0, 0.1) is 18.8 Å². The molecule has 0 saturated heterocycles. The van der Waals surface area contributed by atoms with Gasteiger partial charge in [0.1, 0.15) is 12.4 Å². The maximum Gasteiger partial charge on any atom is 0.213 e. The molecule has 0 aliphatic rings. The van der Waals surface area contributed by atoms with Gasteiger partial charge in [-0.3, -0.25) is 4.98 Å². The lowest BCUT2D eigenvalue weighted by molar-refractivity contribution is 0.205. The highest BCUT2D eigenvalue weighted by molar-refractivity contribution is 5.60. The standard InChI is InChI=1S/C18H24FN3O/c1-12(2)9-18(4,20)11-23-16-10-22-15(7-13(16)3)14-5-6-21-17(19)8-14/h5-8,10,12H,9,11,20H2,1-4H3/t18-/m0/s1. The van der Waals surface area contributed by atoms with E-state index in [9.17, 15) is 4.39 Å². The molecule has 4 nitrogen and oxygen atoms in total. The average molecular weight is 317 g/mol. The first-order valence-electron chi connectivity index (χ1n) is 7.77. The number of ether oxygens (including phenoxy) is 1. The van der Waals surface area contributed by atoms with Gasteiger partial charge in [-0.05, 0) is 43.9 Å². The summed E-state index contributed by atoms with van der Waals surface area (Å²) in [5.74, 6) is 0.690. The summed E-state index contributed by atoms with van der Waals surface area (Å²) in [6.07, 6.45) is 3.97. The van der Waals surface area contributed by atoms with E-state index in [1.54, 1.807) is 12.3 Å². The summed E-state index contributed by atoms with van der Waals surface area (Å²) in [5, 5.41) is 0. The normalized spacial score (nSPS) is 13.9. The van der Waals surface area contributed by atoms with Crippen LogP contribution in [0.1, 0.15) is 32.8 Å². The Hall–Kier alpha value is -2.01. The fourth-order valence-electron chi connectivity index (χ4n) is 2.65. The number of hydrogen-bond acceptors (Lipinski definition) is 4. The minimum atomic E-state index is -0.519. The zero-order valence-corrected chi connectivity index (χ0v) is 14.1. The second kappa shape index (κ2) is 7.04. The Kier molecular flexibility index (Phi) is 5.31. The Morgan fingerprint density at radius 2 is 2.04 bits per heavy atom. The Bertz CT molecular complexity index is 671. The van der Waals surface area contributed by atoms with E-state index in [1.165, 1.54) is 12.3 Å². The summed E-state index contributed by atoms with van der Waals surface area (Å²) < 4.78 is 19.1. The predicted octanol–water partition coefficient (Wildman–Crippen LogP) is 3.73. The molecule has 2 aromatic rings. The first-order valence-corrected chi connectivity index (χ1v) is 7.77. The minimum absolute atomic E-state index is 0.381. The van der Waals surface area contributed by atoms with Crippen LogP contribution in [-0.2, 0) is 0 Å². The van der Waals surface area contributed by atoms with Gasteiger partial charge in [0.05, 0.1) is 11.9 Å². The van der Waals surface area contributed by atoms with Crippen LogP contribution in [0.4, 0.5) is 4.39 Å². The average Bonchev–Trinajstić information content (AvgIpc) is 2.44. The lowest BCUT2D eigenvalue weighted by atomic mass is 9.93. The van der Waals surface area contributed by atoms with Gasteiger partial charge in [-0.25, -0.2) is 4.98 Å². The van der Waals surface area contributed by atoms with Crippen LogP contribution in [0.3, 0.4) is 0 Å².